The molecule has 1 amide bonds. The molecule has 1 atom stereocenters. The number of hydrogen-bond acceptors (Lipinski definition) is 4. The minimum absolute atomic E-state index is 0.0467. The number of fused-ring (bicyclic) bond motifs is 3. The van der Waals surface area contributed by atoms with Crippen LogP contribution in [0.5, 0.6) is 0 Å². The number of nitrogens with one attached hydrogen (secondary N) is 1. The van der Waals surface area contributed by atoms with Crippen molar-refractivity contribution < 1.29 is 24.2 Å². The van der Waals surface area contributed by atoms with Crippen molar-refractivity contribution in [3.05, 3.63) is 59.7 Å². The highest BCUT2D eigenvalue weighted by atomic mass is 16.5. The van der Waals surface area contributed by atoms with Gasteiger partial charge in [0.05, 0.1) is 6.04 Å². The third kappa shape index (κ3) is 5.06. The predicted molar refractivity (Wildman–Crippen MR) is 113 cm³/mol. The SMILES string of the molecule is CC(C)CC(=O)[C@H](CCC(=O)O)NC(=O)OCC1c2ccccc2-c2ccccc21. The third-order valence-corrected chi connectivity index (χ3v) is 5.28. The Kier molecular flexibility index (Phi) is 6.87. The first-order chi connectivity index (χ1) is 14.4. The Morgan fingerprint density at radius 3 is 2.10 bits per heavy atom. The summed E-state index contributed by atoms with van der Waals surface area (Å²) in [6.45, 7) is 3.95. The first-order valence-electron chi connectivity index (χ1n) is 10.2. The summed E-state index contributed by atoms with van der Waals surface area (Å²) >= 11 is 0. The molecule has 2 aromatic rings. The quantitative estimate of drug-likeness (QED) is 0.641. The lowest BCUT2D eigenvalue weighted by atomic mass is 9.98. The average Bonchev–Trinajstić information content (AvgIpc) is 3.02. The zero-order valence-electron chi connectivity index (χ0n) is 17.3. The van der Waals surface area contributed by atoms with Gasteiger partial charge in [0.2, 0.25) is 0 Å². The van der Waals surface area contributed by atoms with E-state index in [1.54, 1.807) is 0 Å². The summed E-state index contributed by atoms with van der Waals surface area (Å²) in [6.07, 6.45) is -0.582. The Morgan fingerprint density at radius 2 is 1.57 bits per heavy atom. The number of hydrogen-bond donors (Lipinski definition) is 2. The van der Waals surface area contributed by atoms with Gasteiger partial charge in [-0.2, -0.15) is 0 Å². The zero-order chi connectivity index (χ0) is 21.7. The van der Waals surface area contributed by atoms with Gasteiger partial charge in [0.15, 0.2) is 5.78 Å². The largest absolute Gasteiger partial charge is 0.481 e. The van der Waals surface area contributed by atoms with Crippen molar-refractivity contribution in [3.63, 3.8) is 0 Å². The summed E-state index contributed by atoms with van der Waals surface area (Å²) in [5.74, 6) is -1.15. The fourth-order valence-electron chi connectivity index (χ4n) is 3.91. The Balaban J connectivity index is 1.66. The minimum Gasteiger partial charge on any atom is -0.481 e. The second-order valence-corrected chi connectivity index (χ2v) is 8.02. The molecule has 0 bridgehead atoms. The predicted octanol–water partition coefficient (Wildman–Crippen LogP) is 4.37. The van der Waals surface area contributed by atoms with Crippen LogP contribution in [-0.4, -0.2) is 35.6 Å². The Labute approximate surface area is 176 Å². The standard InChI is InChI=1S/C24H27NO5/c1-15(2)13-22(26)21(11-12-23(27)28)25-24(29)30-14-20-18-9-5-3-7-16(18)17-8-4-6-10-19(17)20/h3-10,15,20-21H,11-14H2,1-2H3,(H,25,29)(H,27,28)/t21-/m0/s1. The molecule has 2 aromatic carbocycles. The first-order valence-corrected chi connectivity index (χ1v) is 10.2. The fraction of sp³-hybridized carbons (Fsp3) is 0.375. The second kappa shape index (κ2) is 9.57. The summed E-state index contributed by atoms with van der Waals surface area (Å²) in [5.41, 5.74) is 4.47. The van der Waals surface area contributed by atoms with Crippen LogP contribution in [0.2, 0.25) is 0 Å². The summed E-state index contributed by atoms with van der Waals surface area (Å²) < 4.78 is 5.48. The number of ether oxygens (including phenoxy) is 1. The summed E-state index contributed by atoms with van der Waals surface area (Å²) in [7, 11) is 0. The van der Waals surface area contributed by atoms with E-state index in [-0.39, 0.29) is 43.5 Å². The topological polar surface area (TPSA) is 92.7 Å². The number of carboxylic acids is 1. The molecular weight excluding hydrogens is 382 g/mol. The molecule has 0 aromatic heterocycles. The second-order valence-electron chi connectivity index (χ2n) is 8.02. The van der Waals surface area contributed by atoms with Gasteiger partial charge in [-0.1, -0.05) is 62.4 Å². The lowest BCUT2D eigenvalue weighted by Gasteiger charge is -2.19. The van der Waals surface area contributed by atoms with Crippen molar-refractivity contribution in [1.29, 1.82) is 0 Å². The molecule has 158 valence electrons. The maximum absolute atomic E-state index is 12.4. The van der Waals surface area contributed by atoms with Gasteiger partial charge in [0, 0.05) is 18.8 Å². The van der Waals surface area contributed by atoms with E-state index < -0.39 is 18.1 Å². The number of rotatable bonds is 9. The number of ketones is 1. The maximum Gasteiger partial charge on any atom is 0.407 e. The number of Topliss-reactive ketones (excluding diaryl/α,β-unsaturated/α-hetero) is 1. The van der Waals surface area contributed by atoms with Crippen LogP contribution in [-0.2, 0) is 14.3 Å². The number of aliphatic carboxylic acids is 1. The van der Waals surface area contributed by atoms with Gasteiger partial charge in [0.1, 0.15) is 6.61 Å². The van der Waals surface area contributed by atoms with Gasteiger partial charge in [-0.15, -0.1) is 0 Å². The van der Waals surface area contributed by atoms with Crippen LogP contribution in [0.3, 0.4) is 0 Å². The first kappa shape index (κ1) is 21.6. The number of benzene rings is 2. The molecule has 1 aliphatic carbocycles. The van der Waals surface area contributed by atoms with Crippen LogP contribution in [0.1, 0.15) is 50.2 Å². The van der Waals surface area contributed by atoms with E-state index in [1.165, 1.54) is 0 Å². The highest BCUT2D eigenvalue weighted by Crippen LogP contribution is 2.44. The fourth-order valence-corrected chi connectivity index (χ4v) is 3.91. The number of amides is 1. The smallest absolute Gasteiger partial charge is 0.407 e. The molecule has 0 unspecified atom stereocenters. The highest BCUT2D eigenvalue weighted by molar-refractivity contribution is 5.88. The van der Waals surface area contributed by atoms with Crippen LogP contribution in [0.4, 0.5) is 4.79 Å². The van der Waals surface area contributed by atoms with E-state index in [0.717, 1.165) is 22.3 Å². The van der Waals surface area contributed by atoms with Gasteiger partial charge in [-0.25, -0.2) is 4.79 Å². The molecule has 6 nitrogen and oxygen atoms in total. The number of carboxylic acid groups (broad SMARTS) is 1. The van der Waals surface area contributed by atoms with Crippen LogP contribution in [0.15, 0.2) is 48.5 Å². The third-order valence-electron chi connectivity index (χ3n) is 5.28. The maximum atomic E-state index is 12.4. The molecule has 0 spiro atoms. The molecular formula is C24H27NO5. The van der Waals surface area contributed by atoms with E-state index >= 15 is 0 Å². The zero-order valence-corrected chi connectivity index (χ0v) is 17.3. The van der Waals surface area contributed by atoms with Crippen molar-refractivity contribution >= 4 is 17.8 Å². The van der Waals surface area contributed by atoms with Crippen LogP contribution < -0.4 is 5.32 Å². The van der Waals surface area contributed by atoms with Crippen LogP contribution >= 0.6 is 0 Å². The Morgan fingerprint density at radius 1 is 1.00 bits per heavy atom. The molecule has 0 saturated carbocycles. The lowest BCUT2D eigenvalue weighted by molar-refractivity contribution is -0.137. The molecule has 30 heavy (non-hydrogen) atoms. The summed E-state index contributed by atoms with van der Waals surface area (Å²) in [5, 5.41) is 11.5. The average molecular weight is 409 g/mol. The van der Waals surface area contributed by atoms with Gasteiger partial charge in [-0.05, 0) is 34.6 Å². The normalized spacial score (nSPS) is 13.4. The van der Waals surface area contributed by atoms with Gasteiger partial charge in [-0.3, -0.25) is 9.59 Å². The minimum atomic E-state index is -1.01. The number of carbonyl (C=O) groups is 3. The van der Waals surface area contributed by atoms with Gasteiger partial charge < -0.3 is 15.2 Å². The molecule has 3 rings (SSSR count). The summed E-state index contributed by atoms with van der Waals surface area (Å²) in [6, 6.07) is 15.2. The van der Waals surface area contributed by atoms with Gasteiger partial charge in [0.25, 0.3) is 0 Å². The van der Waals surface area contributed by atoms with Crippen molar-refractivity contribution in [2.45, 2.75) is 45.1 Å². The molecule has 0 aliphatic heterocycles. The molecule has 0 saturated heterocycles. The van der Waals surface area contributed by atoms with E-state index in [1.807, 2.05) is 50.2 Å². The van der Waals surface area contributed by atoms with Crippen LogP contribution in [0.25, 0.3) is 11.1 Å². The van der Waals surface area contributed by atoms with Crippen molar-refractivity contribution in [1.82, 2.24) is 5.32 Å². The van der Waals surface area contributed by atoms with Crippen molar-refractivity contribution in [2.24, 2.45) is 5.92 Å². The highest BCUT2D eigenvalue weighted by Gasteiger charge is 2.30. The van der Waals surface area contributed by atoms with Crippen molar-refractivity contribution in [2.75, 3.05) is 6.61 Å². The Hall–Kier alpha value is -3.15. The molecule has 2 N–H and O–H groups in total. The van der Waals surface area contributed by atoms with Gasteiger partial charge >= 0.3 is 12.1 Å². The van der Waals surface area contributed by atoms with E-state index in [4.69, 9.17) is 9.84 Å². The molecule has 0 heterocycles. The molecule has 1 aliphatic rings. The van der Waals surface area contributed by atoms with Crippen LogP contribution in [0, 0.1) is 5.92 Å². The Bertz CT molecular complexity index is 891. The van der Waals surface area contributed by atoms with E-state index in [2.05, 4.69) is 17.4 Å². The molecule has 0 radical (unpaired) electrons. The lowest BCUT2D eigenvalue weighted by Crippen LogP contribution is -2.42. The summed E-state index contributed by atoms with van der Waals surface area (Å²) in [4.78, 5) is 35.8. The monoisotopic (exact) mass is 409 g/mol. The van der Waals surface area contributed by atoms with E-state index in [0.29, 0.717) is 0 Å². The molecule has 6 heteroatoms. The molecule has 0 fully saturated rings. The number of carbonyl (C=O) groups excluding carboxylic acids is 2. The van der Waals surface area contributed by atoms with Crippen molar-refractivity contribution in [3.8, 4) is 11.1 Å². The van der Waals surface area contributed by atoms with E-state index in [9.17, 15) is 14.4 Å². The number of alkyl carbamates (subject to hydrolysis) is 1.